The van der Waals surface area contributed by atoms with Gasteiger partial charge in [-0.05, 0) is 11.6 Å². The van der Waals surface area contributed by atoms with Crippen LogP contribution in [0.1, 0.15) is 23.2 Å². The number of hydrogen-bond donors (Lipinski definition) is 0. The maximum atomic E-state index is 12.3. The largest absolute Gasteiger partial charge is 0.469 e. The molecule has 6 heteroatoms. The molecule has 1 aromatic rings. The molecule has 4 nitrogen and oxygen atoms in total. The van der Waals surface area contributed by atoms with Crippen LogP contribution in [0, 0.1) is 11.3 Å². The van der Waals surface area contributed by atoms with Crippen molar-refractivity contribution in [1.82, 2.24) is 4.98 Å². The van der Waals surface area contributed by atoms with Crippen molar-refractivity contribution in [3.8, 4) is 6.07 Å². The Kier molecular flexibility index (Phi) is 3.89. The summed E-state index contributed by atoms with van der Waals surface area (Å²) in [5, 5.41) is 8.74. The average molecular weight is 226 g/mol. The van der Waals surface area contributed by atoms with E-state index in [1.54, 1.807) is 6.07 Å². The lowest BCUT2D eigenvalue weighted by Gasteiger charge is -2.04. The highest BCUT2D eigenvalue weighted by molar-refractivity contribution is 5.73. The number of aromatic nitrogens is 1. The van der Waals surface area contributed by atoms with Crippen LogP contribution in [-0.2, 0) is 16.0 Å². The molecule has 1 aromatic heterocycles. The summed E-state index contributed by atoms with van der Waals surface area (Å²) < 4.78 is 29.0. The smallest absolute Gasteiger partial charge is 0.310 e. The molecule has 1 heterocycles. The maximum absolute atomic E-state index is 12.3. The van der Waals surface area contributed by atoms with Crippen LogP contribution >= 0.6 is 0 Å². The van der Waals surface area contributed by atoms with Gasteiger partial charge in [0.2, 0.25) is 0 Å². The fourth-order valence-electron chi connectivity index (χ4n) is 1.09. The summed E-state index contributed by atoms with van der Waals surface area (Å²) in [5.41, 5.74) is -0.195. The lowest BCUT2D eigenvalue weighted by molar-refractivity contribution is -0.139. The number of carbonyl (C=O) groups is 1. The molecular formula is C10H8F2N2O2. The van der Waals surface area contributed by atoms with Crippen molar-refractivity contribution in [3.05, 3.63) is 29.1 Å². The lowest BCUT2D eigenvalue weighted by atomic mass is 10.1. The van der Waals surface area contributed by atoms with Crippen LogP contribution in [0.25, 0.3) is 0 Å². The van der Waals surface area contributed by atoms with Crippen molar-refractivity contribution >= 4 is 5.97 Å². The van der Waals surface area contributed by atoms with Crippen molar-refractivity contribution in [3.63, 3.8) is 0 Å². The first-order chi connectivity index (χ1) is 7.58. The van der Waals surface area contributed by atoms with Gasteiger partial charge in [0.1, 0.15) is 5.69 Å². The molecule has 0 aliphatic rings. The van der Waals surface area contributed by atoms with E-state index in [2.05, 4.69) is 9.72 Å². The molecule has 0 aromatic carbocycles. The highest BCUT2D eigenvalue weighted by Crippen LogP contribution is 2.19. The zero-order valence-corrected chi connectivity index (χ0v) is 8.41. The Morgan fingerprint density at radius 3 is 2.88 bits per heavy atom. The molecule has 84 valence electrons. The highest BCUT2D eigenvalue weighted by Gasteiger charge is 2.14. The molecule has 16 heavy (non-hydrogen) atoms. The van der Waals surface area contributed by atoms with Gasteiger partial charge in [-0.25, -0.2) is 8.78 Å². The molecule has 0 fully saturated rings. The number of pyridine rings is 1. The fourth-order valence-corrected chi connectivity index (χ4v) is 1.09. The number of esters is 1. The maximum Gasteiger partial charge on any atom is 0.310 e. The van der Waals surface area contributed by atoms with Gasteiger partial charge in [-0.15, -0.1) is 0 Å². The van der Waals surface area contributed by atoms with E-state index in [0.29, 0.717) is 0 Å². The Balaban J connectivity index is 3.03. The zero-order chi connectivity index (χ0) is 12.1. The third-order valence-corrected chi connectivity index (χ3v) is 1.91. The minimum atomic E-state index is -2.74. The summed E-state index contributed by atoms with van der Waals surface area (Å²) in [6.07, 6.45) is -1.80. The van der Waals surface area contributed by atoms with Gasteiger partial charge in [-0.3, -0.25) is 9.78 Å². The van der Waals surface area contributed by atoms with Crippen LogP contribution in [0.4, 0.5) is 8.78 Å². The lowest BCUT2D eigenvalue weighted by Crippen LogP contribution is -2.07. The van der Waals surface area contributed by atoms with E-state index in [9.17, 15) is 13.6 Å². The fraction of sp³-hybridized carbons (Fsp3) is 0.300. The minimum Gasteiger partial charge on any atom is -0.469 e. The van der Waals surface area contributed by atoms with Crippen LogP contribution in [0.2, 0.25) is 0 Å². The first-order valence-corrected chi connectivity index (χ1v) is 4.32. The van der Waals surface area contributed by atoms with Crippen LogP contribution < -0.4 is 0 Å². The number of ether oxygens (including phenoxy) is 1. The molecule has 0 spiro atoms. The second-order valence-electron chi connectivity index (χ2n) is 2.93. The number of hydrogen-bond acceptors (Lipinski definition) is 4. The first kappa shape index (κ1) is 12.0. The van der Waals surface area contributed by atoms with Gasteiger partial charge in [0, 0.05) is 6.20 Å². The quantitative estimate of drug-likeness (QED) is 0.734. The van der Waals surface area contributed by atoms with Crippen LogP contribution in [0.3, 0.4) is 0 Å². The number of halogens is 2. The number of nitrogens with zero attached hydrogens (tertiary/aromatic N) is 2. The highest BCUT2D eigenvalue weighted by atomic mass is 19.3. The second kappa shape index (κ2) is 5.16. The molecule has 0 bridgehead atoms. The zero-order valence-electron chi connectivity index (χ0n) is 8.41. The Morgan fingerprint density at radius 2 is 2.38 bits per heavy atom. The van der Waals surface area contributed by atoms with Crippen LogP contribution in [-0.4, -0.2) is 18.1 Å². The van der Waals surface area contributed by atoms with E-state index in [-0.39, 0.29) is 17.5 Å². The second-order valence-corrected chi connectivity index (χ2v) is 2.93. The van der Waals surface area contributed by atoms with Gasteiger partial charge in [-0.2, -0.15) is 5.26 Å². The predicted molar refractivity (Wildman–Crippen MR) is 49.6 cm³/mol. The normalized spacial score (nSPS) is 9.94. The van der Waals surface area contributed by atoms with E-state index >= 15 is 0 Å². The molecule has 0 amide bonds. The number of nitriles is 1. The standard InChI is InChI=1S/C10H8F2N2O2/c1-16-9(15)3-7-5-14-8(10(11)12)2-6(7)4-13/h2,5,10H,3H2,1H3. The minimum absolute atomic E-state index is 0.00991. The Morgan fingerprint density at radius 1 is 1.69 bits per heavy atom. The number of alkyl halides is 2. The van der Waals surface area contributed by atoms with Crippen LogP contribution in [0.5, 0.6) is 0 Å². The third kappa shape index (κ3) is 2.73. The topological polar surface area (TPSA) is 63.0 Å². The van der Waals surface area contributed by atoms with Gasteiger partial charge in [-0.1, -0.05) is 0 Å². The molecule has 1 rings (SSSR count). The van der Waals surface area contributed by atoms with Crippen LogP contribution in [0.15, 0.2) is 12.3 Å². The summed E-state index contributed by atoms with van der Waals surface area (Å²) in [5.74, 6) is -0.553. The molecule has 0 atom stereocenters. The monoisotopic (exact) mass is 226 g/mol. The molecule has 0 saturated heterocycles. The number of methoxy groups -OCH3 is 1. The predicted octanol–water partition coefficient (Wildman–Crippen LogP) is 1.61. The number of carbonyl (C=O) groups excluding carboxylic acids is 1. The van der Waals surface area contributed by atoms with Crippen molar-refractivity contribution in [1.29, 1.82) is 5.26 Å². The Labute approximate surface area is 90.5 Å². The molecule has 0 N–H and O–H groups in total. The van der Waals surface area contributed by atoms with Crippen molar-refractivity contribution in [2.45, 2.75) is 12.8 Å². The van der Waals surface area contributed by atoms with E-state index in [1.807, 2.05) is 0 Å². The summed E-state index contributed by atoms with van der Waals surface area (Å²) in [7, 11) is 1.20. The van der Waals surface area contributed by atoms with Gasteiger partial charge in [0.25, 0.3) is 6.43 Å². The van der Waals surface area contributed by atoms with Gasteiger partial charge >= 0.3 is 5.97 Å². The number of rotatable bonds is 3. The first-order valence-electron chi connectivity index (χ1n) is 4.32. The average Bonchev–Trinajstić information content (AvgIpc) is 2.29. The summed E-state index contributed by atoms with van der Waals surface area (Å²) in [6, 6.07) is 2.71. The SMILES string of the molecule is COC(=O)Cc1cnc(C(F)F)cc1C#N. The van der Waals surface area contributed by atoms with Crippen molar-refractivity contribution in [2.75, 3.05) is 7.11 Å². The van der Waals surface area contributed by atoms with Gasteiger partial charge in [0.05, 0.1) is 25.2 Å². The molecule has 0 saturated carbocycles. The molecular weight excluding hydrogens is 218 g/mol. The third-order valence-electron chi connectivity index (χ3n) is 1.91. The van der Waals surface area contributed by atoms with Crippen molar-refractivity contribution in [2.24, 2.45) is 0 Å². The molecule has 0 aliphatic carbocycles. The summed E-state index contributed by atoms with van der Waals surface area (Å²) >= 11 is 0. The molecule has 0 radical (unpaired) electrons. The summed E-state index contributed by atoms with van der Waals surface area (Å²) in [6.45, 7) is 0. The molecule has 0 unspecified atom stereocenters. The Bertz CT molecular complexity index is 441. The van der Waals surface area contributed by atoms with E-state index < -0.39 is 18.1 Å². The summed E-state index contributed by atoms with van der Waals surface area (Å²) in [4.78, 5) is 14.4. The molecule has 0 aliphatic heterocycles. The van der Waals surface area contributed by atoms with E-state index in [1.165, 1.54) is 7.11 Å². The van der Waals surface area contributed by atoms with Gasteiger partial charge < -0.3 is 4.74 Å². The van der Waals surface area contributed by atoms with E-state index in [0.717, 1.165) is 12.3 Å². The van der Waals surface area contributed by atoms with E-state index in [4.69, 9.17) is 5.26 Å². The Hall–Kier alpha value is -2.03. The van der Waals surface area contributed by atoms with Gasteiger partial charge in [0.15, 0.2) is 0 Å². The van der Waals surface area contributed by atoms with Crippen molar-refractivity contribution < 1.29 is 18.3 Å².